The molecule has 3 N–H and O–H groups in total. The number of aromatic nitrogens is 1. The van der Waals surface area contributed by atoms with E-state index in [9.17, 15) is 10.1 Å². The Morgan fingerprint density at radius 3 is 2.67 bits per heavy atom. The van der Waals surface area contributed by atoms with Crippen molar-refractivity contribution in [2.45, 2.75) is 33.2 Å². The van der Waals surface area contributed by atoms with E-state index in [-0.39, 0.29) is 11.7 Å². The molecular weight excluding hydrogens is 234 g/mol. The van der Waals surface area contributed by atoms with Crippen LogP contribution in [0.3, 0.4) is 0 Å². The maximum Gasteiger partial charge on any atom is 0.276 e. The van der Waals surface area contributed by atoms with Crippen molar-refractivity contribution in [1.29, 1.82) is 0 Å². The number of nitrogens with zero attached hydrogens (tertiary/aromatic N) is 3. The molecule has 0 aliphatic rings. The van der Waals surface area contributed by atoms with Crippen molar-refractivity contribution in [3.63, 3.8) is 0 Å². The van der Waals surface area contributed by atoms with Crippen LogP contribution >= 0.6 is 0 Å². The minimum atomic E-state index is -0.448. The normalized spacial score (nSPS) is 10.5. The standard InChI is InChI=1S/C11H19N5O2/c1-4-5-15(8(2)3)11-7-9(16(17)18)6-10(13-11)14-12/h6-8H,4-5,12H2,1-3H3,(H,13,14). The second-order valence-electron chi connectivity index (χ2n) is 4.26. The molecule has 0 saturated heterocycles. The second-order valence-corrected chi connectivity index (χ2v) is 4.26. The van der Waals surface area contributed by atoms with Crippen LogP contribution in [0.4, 0.5) is 17.3 Å². The molecule has 0 bridgehead atoms. The molecular formula is C11H19N5O2. The third-order valence-corrected chi connectivity index (χ3v) is 2.54. The fourth-order valence-corrected chi connectivity index (χ4v) is 1.71. The maximum atomic E-state index is 10.9. The van der Waals surface area contributed by atoms with Gasteiger partial charge in [-0.2, -0.15) is 0 Å². The summed E-state index contributed by atoms with van der Waals surface area (Å²) >= 11 is 0. The monoisotopic (exact) mass is 253 g/mol. The van der Waals surface area contributed by atoms with Crippen molar-refractivity contribution < 1.29 is 4.92 Å². The van der Waals surface area contributed by atoms with Crippen molar-refractivity contribution in [2.75, 3.05) is 16.9 Å². The number of rotatable bonds is 6. The first kappa shape index (κ1) is 14.2. The maximum absolute atomic E-state index is 10.9. The van der Waals surface area contributed by atoms with Gasteiger partial charge in [0.15, 0.2) is 0 Å². The number of nitrogens with one attached hydrogen (secondary N) is 1. The average molecular weight is 253 g/mol. The van der Waals surface area contributed by atoms with E-state index in [1.54, 1.807) is 0 Å². The summed E-state index contributed by atoms with van der Waals surface area (Å²) in [6.45, 7) is 6.88. The zero-order valence-corrected chi connectivity index (χ0v) is 10.9. The molecule has 0 saturated carbocycles. The summed E-state index contributed by atoms with van der Waals surface area (Å²) in [5.74, 6) is 6.14. The lowest BCUT2D eigenvalue weighted by atomic mass is 10.2. The summed E-state index contributed by atoms with van der Waals surface area (Å²) in [7, 11) is 0. The number of nitrogen functional groups attached to an aromatic ring is 1. The van der Waals surface area contributed by atoms with Gasteiger partial charge in [0.1, 0.15) is 11.6 Å². The molecule has 100 valence electrons. The lowest BCUT2D eigenvalue weighted by molar-refractivity contribution is -0.384. The molecule has 0 amide bonds. The average Bonchev–Trinajstić information content (AvgIpc) is 2.34. The van der Waals surface area contributed by atoms with Crippen molar-refractivity contribution in [1.82, 2.24) is 4.98 Å². The van der Waals surface area contributed by atoms with Gasteiger partial charge in [-0.05, 0) is 20.3 Å². The number of nitro groups is 1. The number of hydrogen-bond acceptors (Lipinski definition) is 6. The number of hydrogen-bond donors (Lipinski definition) is 2. The van der Waals surface area contributed by atoms with E-state index in [1.165, 1.54) is 12.1 Å². The highest BCUT2D eigenvalue weighted by atomic mass is 16.6. The smallest absolute Gasteiger partial charge is 0.276 e. The molecule has 1 rings (SSSR count). The van der Waals surface area contributed by atoms with E-state index in [0.717, 1.165) is 13.0 Å². The minimum Gasteiger partial charge on any atom is -0.354 e. The van der Waals surface area contributed by atoms with Crippen LogP contribution in [0.25, 0.3) is 0 Å². The molecule has 0 unspecified atom stereocenters. The number of anilines is 2. The molecule has 7 heteroatoms. The molecule has 0 aromatic carbocycles. The van der Waals surface area contributed by atoms with Crippen LogP contribution in [-0.2, 0) is 0 Å². The van der Waals surface area contributed by atoms with Gasteiger partial charge in [-0.1, -0.05) is 6.92 Å². The summed E-state index contributed by atoms with van der Waals surface area (Å²) in [5, 5.41) is 10.9. The Morgan fingerprint density at radius 1 is 1.56 bits per heavy atom. The molecule has 1 aromatic rings. The van der Waals surface area contributed by atoms with Crippen LogP contribution in [-0.4, -0.2) is 22.5 Å². The van der Waals surface area contributed by atoms with E-state index >= 15 is 0 Å². The first-order chi connectivity index (χ1) is 8.49. The molecule has 0 atom stereocenters. The van der Waals surface area contributed by atoms with E-state index in [4.69, 9.17) is 5.84 Å². The van der Waals surface area contributed by atoms with Crippen LogP contribution in [0, 0.1) is 10.1 Å². The predicted molar refractivity (Wildman–Crippen MR) is 71.5 cm³/mol. The quantitative estimate of drug-likeness (QED) is 0.456. The fourth-order valence-electron chi connectivity index (χ4n) is 1.71. The molecule has 1 aromatic heterocycles. The lowest BCUT2D eigenvalue weighted by Crippen LogP contribution is -2.32. The molecule has 0 radical (unpaired) electrons. The van der Waals surface area contributed by atoms with Crippen LogP contribution in [0.5, 0.6) is 0 Å². The Morgan fingerprint density at radius 2 is 2.22 bits per heavy atom. The third kappa shape index (κ3) is 3.30. The van der Waals surface area contributed by atoms with Gasteiger partial charge in [-0.25, -0.2) is 10.8 Å². The van der Waals surface area contributed by atoms with Gasteiger partial charge in [0, 0.05) is 12.6 Å². The Bertz CT molecular complexity index is 422. The Labute approximate surface area is 106 Å². The van der Waals surface area contributed by atoms with Gasteiger partial charge in [0.2, 0.25) is 0 Å². The van der Waals surface area contributed by atoms with Crippen molar-refractivity contribution in [3.05, 3.63) is 22.2 Å². The van der Waals surface area contributed by atoms with Gasteiger partial charge in [-0.15, -0.1) is 0 Å². The zero-order chi connectivity index (χ0) is 13.7. The van der Waals surface area contributed by atoms with Crippen molar-refractivity contribution in [3.8, 4) is 0 Å². The summed E-state index contributed by atoms with van der Waals surface area (Å²) < 4.78 is 0. The van der Waals surface area contributed by atoms with Crippen LogP contribution in [0.15, 0.2) is 12.1 Å². The summed E-state index contributed by atoms with van der Waals surface area (Å²) in [4.78, 5) is 16.7. The van der Waals surface area contributed by atoms with Gasteiger partial charge in [-0.3, -0.25) is 10.1 Å². The fraction of sp³-hybridized carbons (Fsp3) is 0.545. The molecule has 0 spiro atoms. The van der Waals surface area contributed by atoms with E-state index in [0.29, 0.717) is 11.6 Å². The Kier molecular flexibility index (Phi) is 4.85. The minimum absolute atomic E-state index is 0.0188. The van der Waals surface area contributed by atoms with E-state index < -0.39 is 4.92 Å². The van der Waals surface area contributed by atoms with Gasteiger partial charge < -0.3 is 10.3 Å². The first-order valence-corrected chi connectivity index (χ1v) is 5.89. The van der Waals surface area contributed by atoms with Crippen LogP contribution in [0.1, 0.15) is 27.2 Å². The summed E-state index contributed by atoms with van der Waals surface area (Å²) in [5.41, 5.74) is 2.34. The van der Waals surface area contributed by atoms with Crippen molar-refractivity contribution >= 4 is 17.3 Å². The molecule has 0 aliphatic heterocycles. The SMILES string of the molecule is CCCN(c1cc([N+](=O)[O-])cc(NN)n1)C(C)C. The summed E-state index contributed by atoms with van der Waals surface area (Å²) in [6.07, 6.45) is 0.938. The molecule has 0 fully saturated rings. The second kappa shape index (κ2) is 6.15. The Balaban J connectivity index is 3.20. The molecule has 0 aliphatic carbocycles. The van der Waals surface area contributed by atoms with Gasteiger partial charge in [0.25, 0.3) is 5.69 Å². The predicted octanol–water partition coefficient (Wildman–Crippen LogP) is 1.90. The molecule has 1 heterocycles. The van der Waals surface area contributed by atoms with E-state index in [2.05, 4.69) is 17.3 Å². The number of hydrazine groups is 1. The lowest BCUT2D eigenvalue weighted by Gasteiger charge is -2.27. The van der Waals surface area contributed by atoms with Crippen molar-refractivity contribution in [2.24, 2.45) is 5.84 Å². The number of nitrogens with two attached hydrogens (primary N) is 1. The molecule has 18 heavy (non-hydrogen) atoms. The highest BCUT2D eigenvalue weighted by Crippen LogP contribution is 2.24. The van der Waals surface area contributed by atoms with Crippen LogP contribution in [0.2, 0.25) is 0 Å². The first-order valence-electron chi connectivity index (χ1n) is 5.89. The summed E-state index contributed by atoms with van der Waals surface area (Å²) in [6, 6.07) is 3.00. The highest BCUT2D eigenvalue weighted by Gasteiger charge is 2.17. The highest BCUT2D eigenvalue weighted by molar-refractivity contribution is 5.55. The number of pyridine rings is 1. The van der Waals surface area contributed by atoms with E-state index in [1.807, 2.05) is 18.7 Å². The van der Waals surface area contributed by atoms with Gasteiger partial charge >= 0.3 is 0 Å². The Hall–Kier alpha value is -1.89. The topological polar surface area (TPSA) is 97.3 Å². The molecule has 7 nitrogen and oxygen atoms in total. The van der Waals surface area contributed by atoms with Gasteiger partial charge in [0.05, 0.1) is 17.1 Å². The zero-order valence-electron chi connectivity index (χ0n) is 10.9. The van der Waals surface area contributed by atoms with Crippen LogP contribution < -0.4 is 16.2 Å². The largest absolute Gasteiger partial charge is 0.354 e. The third-order valence-electron chi connectivity index (χ3n) is 2.54.